The third-order valence-corrected chi connectivity index (χ3v) is 7.03. The third-order valence-electron chi connectivity index (χ3n) is 7.03. The molecule has 0 amide bonds. The van der Waals surface area contributed by atoms with Crippen LogP contribution in [-0.2, 0) is 0 Å². The molecule has 12 heteroatoms. The van der Waals surface area contributed by atoms with Crippen molar-refractivity contribution in [2.75, 3.05) is 74.3 Å². The molecule has 0 aromatic heterocycles. The predicted octanol–water partition coefficient (Wildman–Crippen LogP) is 3.83. The minimum Gasteiger partial charge on any atom is -0.398 e. The number of nitrogen functional groups attached to an aromatic ring is 9. The van der Waals surface area contributed by atoms with Gasteiger partial charge in [0.2, 0.25) is 0 Å². The Morgan fingerprint density at radius 1 is 0.538 bits per heavy atom. The van der Waals surface area contributed by atoms with Crippen LogP contribution in [0.5, 0.6) is 0 Å². The fourth-order valence-electron chi connectivity index (χ4n) is 4.80. The normalized spacial score (nSPS) is 12.1. The summed E-state index contributed by atoms with van der Waals surface area (Å²) in [4.78, 5) is 0. The minimum absolute atomic E-state index is 0.0674. The van der Waals surface area contributed by atoms with E-state index in [1.165, 1.54) is 0 Å². The Labute approximate surface area is 230 Å². The molecule has 0 fully saturated rings. The molecule has 0 aliphatic heterocycles. The van der Waals surface area contributed by atoms with Crippen molar-refractivity contribution in [3.63, 3.8) is 0 Å². The Morgan fingerprint density at radius 3 is 1.62 bits per heavy atom. The van der Waals surface area contributed by atoms with Crippen LogP contribution < -0.4 is 67.8 Å². The van der Waals surface area contributed by atoms with Gasteiger partial charge in [-0.25, -0.2) is 0 Å². The van der Waals surface area contributed by atoms with Gasteiger partial charge in [0, 0.05) is 29.3 Å². The molecule has 39 heavy (non-hydrogen) atoms. The van der Waals surface area contributed by atoms with Gasteiger partial charge in [0.15, 0.2) is 0 Å². The Bertz CT molecular complexity index is 1350. The molecule has 21 N–H and O–H groups in total. The molecule has 0 spiro atoms. The summed E-state index contributed by atoms with van der Waals surface area (Å²) in [6, 6.07) is 5.20. The monoisotopic (exact) mass is 536 g/mol. The number of nitrogens with one attached hydrogen (secondary N) is 3. The summed E-state index contributed by atoms with van der Waals surface area (Å²) in [5, 5.41) is 3.38. The lowest BCUT2D eigenvalue weighted by Crippen LogP contribution is -2.20. The average molecular weight is 537 g/mol. The van der Waals surface area contributed by atoms with E-state index >= 15 is 0 Å². The molecule has 1 atom stereocenters. The fraction of sp³-hybridized carbons (Fsp3) is 0.333. The van der Waals surface area contributed by atoms with Crippen LogP contribution in [0.4, 0.5) is 68.2 Å². The van der Waals surface area contributed by atoms with Gasteiger partial charge in [0.05, 0.1) is 62.6 Å². The average Bonchev–Trinajstić information content (AvgIpc) is 2.85. The maximum Gasteiger partial charge on any atom is 0.0845 e. The van der Waals surface area contributed by atoms with E-state index in [9.17, 15) is 0 Å². The molecule has 3 aromatic rings. The largest absolute Gasteiger partial charge is 0.398 e. The Hall–Kier alpha value is -4.74. The van der Waals surface area contributed by atoms with Crippen LogP contribution in [0.2, 0.25) is 0 Å². The molecule has 1 unspecified atom stereocenters. The molecule has 0 radical (unpaired) electrons. The fourth-order valence-corrected chi connectivity index (χ4v) is 4.80. The van der Waals surface area contributed by atoms with Gasteiger partial charge in [-0.1, -0.05) is 34.6 Å². The van der Waals surface area contributed by atoms with Crippen molar-refractivity contribution in [3.05, 3.63) is 34.9 Å². The molecular formula is C27H44N12. The maximum atomic E-state index is 6.69. The highest BCUT2D eigenvalue weighted by Crippen LogP contribution is 2.43. The first-order chi connectivity index (χ1) is 18.2. The number of hydrazine groups is 1. The molecule has 0 aliphatic carbocycles. The summed E-state index contributed by atoms with van der Waals surface area (Å²) in [5.41, 5.74) is 70.8. The first kappa shape index (κ1) is 28.8. The van der Waals surface area contributed by atoms with E-state index in [2.05, 4.69) is 16.2 Å². The molecule has 0 heterocycles. The van der Waals surface area contributed by atoms with E-state index in [4.69, 9.17) is 51.6 Å². The van der Waals surface area contributed by atoms with E-state index in [1.807, 2.05) is 46.8 Å². The number of hydrogen-bond donors (Lipinski definition) is 12. The second-order valence-electron chi connectivity index (χ2n) is 10.6. The second kappa shape index (κ2) is 10.9. The number of hydrogen-bond acceptors (Lipinski definition) is 12. The lowest BCUT2D eigenvalue weighted by molar-refractivity contribution is 0.811. The highest BCUT2D eigenvalue weighted by molar-refractivity contribution is 5.93. The highest BCUT2D eigenvalue weighted by atomic mass is 15.4. The van der Waals surface area contributed by atoms with Crippen LogP contribution in [0.15, 0.2) is 18.2 Å². The SMILES string of the molecule is CC(C)c1cc(N)c(N)c(N)c1NNc1c(N)c(NCC(C)c2c(N)c(N)cc(N)c2N)cc(N)c1C(C)C. The molecule has 0 bridgehead atoms. The van der Waals surface area contributed by atoms with Crippen LogP contribution in [0, 0.1) is 0 Å². The molecule has 0 saturated carbocycles. The van der Waals surface area contributed by atoms with Crippen molar-refractivity contribution in [2.45, 2.75) is 52.4 Å². The van der Waals surface area contributed by atoms with Gasteiger partial charge in [0.1, 0.15) is 0 Å². The van der Waals surface area contributed by atoms with Gasteiger partial charge in [-0.2, -0.15) is 0 Å². The van der Waals surface area contributed by atoms with Crippen molar-refractivity contribution in [1.29, 1.82) is 0 Å². The van der Waals surface area contributed by atoms with Gasteiger partial charge in [-0.3, -0.25) is 10.9 Å². The topological polar surface area (TPSA) is 270 Å². The molecule has 3 rings (SSSR count). The van der Waals surface area contributed by atoms with Crippen LogP contribution in [-0.4, -0.2) is 6.54 Å². The summed E-state index contributed by atoms with van der Waals surface area (Å²) in [7, 11) is 0. The lowest BCUT2D eigenvalue weighted by Gasteiger charge is -2.26. The predicted molar refractivity (Wildman–Crippen MR) is 171 cm³/mol. The zero-order chi connectivity index (χ0) is 29.3. The molecular weight excluding hydrogens is 492 g/mol. The first-order valence-corrected chi connectivity index (χ1v) is 12.8. The quantitative estimate of drug-likeness (QED) is 0.137. The maximum absolute atomic E-state index is 6.69. The molecule has 0 saturated heterocycles. The van der Waals surface area contributed by atoms with E-state index in [-0.39, 0.29) is 17.8 Å². The van der Waals surface area contributed by atoms with E-state index in [0.717, 1.165) is 11.1 Å². The van der Waals surface area contributed by atoms with Crippen molar-refractivity contribution < 1.29 is 0 Å². The van der Waals surface area contributed by atoms with Gasteiger partial charge >= 0.3 is 0 Å². The van der Waals surface area contributed by atoms with Crippen molar-refractivity contribution in [1.82, 2.24) is 0 Å². The van der Waals surface area contributed by atoms with E-state index in [0.29, 0.717) is 80.4 Å². The molecule has 212 valence electrons. The molecule has 3 aromatic carbocycles. The summed E-state index contributed by atoms with van der Waals surface area (Å²) >= 11 is 0. The van der Waals surface area contributed by atoms with Crippen LogP contribution >= 0.6 is 0 Å². The highest BCUT2D eigenvalue weighted by Gasteiger charge is 2.22. The standard InChI is InChI=1S/C27H44N12/c1-10(2)13-6-15(29)23(34)25(36)26(13)38-39-27-19(11(3)4)14(28)8-18(24(27)35)37-9-12(5)20-21(32)16(30)7-17(31)22(20)33/h6-8,10-12,37-39H,9,28-36H2,1-5H3. The van der Waals surface area contributed by atoms with E-state index in [1.54, 1.807) is 6.07 Å². The first-order valence-electron chi connectivity index (χ1n) is 12.8. The van der Waals surface area contributed by atoms with Crippen LogP contribution in [0.3, 0.4) is 0 Å². The number of anilines is 12. The van der Waals surface area contributed by atoms with Crippen molar-refractivity contribution in [2.24, 2.45) is 0 Å². The van der Waals surface area contributed by atoms with Gasteiger partial charge < -0.3 is 56.9 Å². The summed E-state index contributed by atoms with van der Waals surface area (Å²) < 4.78 is 0. The second-order valence-corrected chi connectivity index (χ2v) is 10.6. The summed E-state index contributed by atoms with van der Waals surface area (Å²) in [6.07, 6.45) is 0. The Morgan fingerprint density at radius 2 is 1.08 bits per heavy atom. The molecule has 12 nitrogen and oxygen atoms in total. The molecule has 0 aliphatic rings. The number of rotatable bonds is 9. The van der Waals surface area contributed by atoms with E-state index < -0.39 is 0 Å². The summed E-state index contributed by atoms with van der Waals surface area (Å²) in [5.74, 6) is 0.0571. The Balaban J connectivity index is 1.98. The van der Waals surface area contributed by atoms with Crippen LogP contribution in [0.25, 0.3) is 0 Å². The van der Waals surface area contributed by atoms with Gasteiger partial charge in [0.25, 0.3) is 0 Å². The summed E-state index contributed by atoms with van der Waals surface area (Å²) in [6.45, 7) is 10.6. The zero-order valence-corrected chi connectivity index (χ0v) is 23.4. The third kappa shape index (κ3) is 5.44. The minimum atomic E-state index is -0.137. The smallest absolute Gasteiger partial charge is 0.0845 e. The van der Waals surface area contributed by atoms with Gasteiger partial charge in [-0.15, -0.1) is 0 Å². The van der Waals surface area contributed by atoms with Crippen molar-refractivity contribution >= 4 is 68.2 Å². The lowest BCUT2D eigenvalue weighted by atomic mass is 9.94. The van der Waals surface area contributed by atoms with Crippen molar-refractivity contribution in [3.8, 4) is 0 Å². The zero-order valence-electron chi connectivity index (χ0n) is 23.4. The number of nitrogens with two attached hydrogens (primary N) is 9. The number of benzene rings is 3. The van der Waals surface area contributed by atoms with Crippen LogP contribution in [0.1, 0.15) is 69.1 Å². The Kier molecular flexibility index (Phi) is 8.08. The van der Waals surface area contributed by atoms with Gasteiger partial charge in [-0.05, 0) is 35.6 Å².